The lowest BCUT2D eigenvalue weighted by atomic mass is 9.28. The van der Waals surface area contributed by atoms with Crippen molar-refractivity contribution in [3.63, 3.8) is 0 Å². The minimum absolute atomic E-state index is 0. The summed E-state index contributed by atoms with van der Waals surface area (Å²) in [6.07, 6.45) is -6.16. The molecular formula is C34H12BF15N2O2. The number of halogens is 15. The van der Waals surface area contributed by atoms with Gasteiger partial charge in [0, 0.05) is 21.5 Å². The summed E-state index contributed by atoms with van der Waals surface area (Å²) in [6, 6.07) is 19.6. The van der Waals surface area contributed by atoms with Crippen LogP contribution >= 0.6 is 0 Å². The number of rotatable bonds is 3. The van der Waals surface area contributed by atoms with Gasteiger partial charge in [-0.25, -0.2) is 65.9 Å². The lowest BCUT2D eigenvalue weighted by Crippen LogP contribution is -2.73. The van der Waals surface area contributed by atoms with Crippen LogP contribution in [0.2, 0.25) is 0 Å². The Bertz CT molecular complexity index is 2260. The van der Waals surface area contributed by atoms with Crippen molar-refractivity contribution in [1.29, 1.82) is 10.5 Å². The Morgan fingerprint density at radius 1 is 0.352 bits per heavy atom. The van der Waals surface area contributed by atoms with Gasteiger partial charge in [0.25, 0.3) is 0 Å². The van der Waals surface area contributed by atoms with Gasteiger partial charge in [0.2, 0.25) is 0 Å². The van der Waals surface area contributed by atoms with Crippen molar-refractivity contribution >= 4 is 44.3 Å². The first-order valence-electron chi connectivity index (χ1n) is 14.1. The van der Waals surface area contributed by atoms with Gasteiger partial charge in [0.1, 0.15) is 47.0 Å². The van der Waals surface area contributed by atoms with Gasteiger partial charge in [-0.15, -0.1) is 0 Å². The highest BCUT2D eigenvalue weighted by Crippen LogP contribution is 2.32. The molecule has 0 heterocycles. The fourth-order valence-electron chi connectivity index (χ4n) is 5.81. The van der Waals surface area contributed by atoms with Crippen LogP contribution in [0, 0.1) is 110 Å². The van der Waals surface area contributed by atoms with Gasteiger partial charge in [-0.1, -0.05) is 48.5 Å². The van der Waals surface area contributed by atoms with Gasteiger partial charge in [-0.05, 0) is 16.4 Å². The predicted molar refractivity (Wildman–Crippen MR) is 161 cm³/mol. The molecule has 0 unspecified atom stereocenters. The van der Waals surface area contributed by atoms with E-state index < -0.39 is 110 Å². The second-order valence-corrected chi connectivity index (χ2v) is 10.9. The zero-order valence-electron chi connectivity index (χ0n) is 25.8. The first kappa shape index (κ1) is 40.5. The molecule has 0 atom stereocenters. The SMILES string of the molecule is N#Cc1c2ccccc2c(C#N)c2ccccc12.O.[OH2+][B-](c1c(F)c(F)c(F)c(F)c1F)(c1c(F)c(F)c(F)c(F)c1F)c1c(F)c(F)c(F)c(F)c1F. The molecule has 0 aliphatic carbocycles. The van der Waals surface area contributed by atoms with E-state index in [9.17, 15) is 76.4 Å². The van der Waals surface area contributed by atoms with Gasteiger partial charge in [0.15, 0.2) is 52.4 Å². The van der Waals surface area contributed by atoms with Crippen molar-refractivity contribution in [2.24, 2.45) is 0 Å². The molecule has 6 aromatic carbocycles. The van der Waals surface area contributed by atoms with Crippen molar-refractivity contribution in [2.75, 3.05) is 0 Å². The summed E-state index contributed by atoms with van der Waals surface area (Å²) in [6.45, 7) is 0. The lowest BCUT2D eigenvalue weighted by molar-refractivity contribution is 0.374. The fraction of sp³-hybridized carbons (Fsp3) is 0. The Morgan fingerprint density at radius 3 is 0.685 bits per heavy atom. The minimum Gasteiger partial charge on any atom is -0.681 e. The zero-order valence-corrected chi connectivity index (χ0v) is 25.8. The molecule has 0 spiro atoms. The molecule has 0 aromatic heterocycles. The molecule has 6 aromatic rings. The molecule has 278 valence electrons. The highest BCUT2D eigenvalue weighted by atomic mass is 19.2. The highest BCUT2D eigenvalue weighted by Gasteiger charge is 2.54. The van der Waals surface area contributed by atoms with Gasteiger partial charge < -0.3 is 10.5 Å². The monoisotopic (exact) mass is 776 g/mol. The molecule has 0 radical (unpaired) electrons. The maximum Gasteiger partial charge on any atom is 0.392 e. The molecule has 0 saturated carbocycles. The third kappa shape index (κ3) is 5.80. The molecule has 0 saturated heterocycles. The predicted octanol–water partition coefficient (Wildman–Crippen LogP) is 6.38. The number of benzene rings is 6. The normalized spacial score (nSPS) is 11.1. The first-order valence-corrected chi connectivity index (χ1v) is 14.1. The van der Waals surface area contributed by atoms with Crippen molar-refractivity contribution < 1.29 is 76.4 Å². The van der Waals surface area contributed by atoms with E-state index >= 15 is 0 Å². The van der Waals surface area contributed by atoms with Gasteiger partial charge in [0.05, 0.1) is 11.1 Å². The van der Waals surface area contributed by atoms with Crippen LogP contribution in [0.15, 0.2) is 48.5 Å². The molecule has 0 aliphatic rings. The summed E-state index contributed by atoms with van der Waals surface area (Å²) in [4.78, 5) is 0. The smallest absolute Gasteiger partial charge is 0.392 e. The Balaban J connectivity index is 0.000000285. The second kappa shape index (κ2) is 14.6. The molecular weight excluding hydrogens is 764 g/mol. The van der Waals surface area contributed by atoms with Crippen molar-refractivity contribution in [2.45, 2.75) is 0 Å². The number of hydrogen-bond acceptors (Lipinski definition) is 2. The van der Waals surface area contributed by atoms with Crippen molar-refractivity contribution in [1.82, 2.24) is 0 Å². The van der Waals surface area contributed by atoms with Crippen LogP contribution in [0.5, 0.6) is 0 Å². The van der Waals surface area contributed by atoms with E-state index in [4.69, 9.17) is 5.02 Å². The van der Waals surface area contributed by atoms with Crippen molar-refractivity contribution in [3.05, 3.63) is 147 Å². The van der Waals surface area contributed by atoms with Crippen LogP contribution in [-0.4, -0.2) is 16.8 Å². The largest absolute Gasteiger partial charge is 0.681 e. The molecule has 4 nitrogen and oxygen atoms in total. The number of hydrogen-bond donors (Lipinski definition) is 0. The number of nitriles is 2. The number of fused-ring (bicyclic) bond motifs is 2. The molecule has 54 heavy (non-hydrogen) atoms. The van der Waals surface area contributed by atoms with E-state index in [1.54, 1.807) is 0 Å². The summed E-state index contributed by atoms with van der Waals surface area (Å²) in [5.74, 6) is -47.2. The summed E-state index contributed by atoms with van der Waals surface area (Å²) in [5, 5.41) is 30.1. The van der Waals surface area contributed by atoms with Crippen LogP contribution < -0.4 is 16.4 Å². The van der Waals surface area contributed by atoms with Gasteiger partial charge in [-0.2, -0.15) is 10.5 Å². The first-order chi connectivity index (χ1) is 24.9. The summed E-state index contributed by atoms with van der Waals surface area (Å²) in [5.41, 5.74) is -7.62. The lowest BCUT2D eigenvalue weighted by Gasteiger charge is -2.33. The average molecular weight is 776 g/mol. The van der Waals surface area contributed by atoms with Crippen LogP contribution in [0.1, 0.15) is 11.1 Å². The molecule has 0 fully saturated rings. The van der Waals surface area contributed by atoms with Crippen LogP contribution in [0.4, 0.5) is 65.9 Å². The van der Waals surface area contributed by atoms with E-state index in [1.165, 1.54) is 0 Å². The third-order valence-electron chi connectivity index (χ3n) is 8.19. The van der Waals surface area contributed by atoms with Crippen LogP contribution in [0.25, 0.3) is 21.5 Å². The molecule has 0 aliphatic heterocycles. The molecule has 20 heteroatoms. The van der Waals surface area contributed by atoms with E-state index in [0.717, 1.165) is 21.5 Å². The molecule has 4 N–H and O–H groups in total. The summed E-state index contributed by atoms with van der Waals surface area (Å²) < 4.78 is 210. The topological polar surface area (TPSA) is 102 Å². The summed E-state index contributed by atoms with van der Waals surface area (Å²) in [7, 11) is 0. The maximum atomic E-state index is 14.5. The van der Waals surface area contributed by atoms with Gasteiger partial charge in [-0.3, -0.25) is 0 Å². The average Bonchev–Trinajstić information content (AvgIpc) is 3.15. The molecule has 0 bridgehead atoms. The Morgan fingerprint density at radius 2 is 0.519 bits per heavy atom. The zero-order chi connectivity index (χ0) is 39.4. The Hall–Kier alpha value is -6.25. The fourth-order valence-corrected chi connectivity index (χ4v) is 5.81. The van der Waals surface area contributed by atoms with Gasteiger partial charge >= 0.3 is 6.35 Å². The summed E-state index contributed by atoms with van der Waals surface area (Å²) >= 11 is 0. The van der Waals surface area contributed by atoms with Crippen LogP contribution in [-0.2, 0) is 0 Å². The molecule has 0 amide bonds. The van der Waals surface area contributed by atoms with E-state index in [1.807, 2.05) is 48.5 Å². The highest BCUT2D eigenvalue weighted by molar-refractivity contribution is 7.06. The van der Waals surface area contributed by atoms with Crippen LogP contribution in [0.3, 0.4) is 0 Å². The standard InChI is InChI=1S/C18H2BF15O.C16H8N2.H2O/c20-4-1(5(21)11(27)16(32)10(4)26)19(35,2-6(22)12(28)17(33)13(29)7(2)23)3-8(24)14(30)18(34)15(31)9(3)25;17-9-15-11-5-1-2-6-12(11)16(10-18)14-8-4-3-7-13(14)15;/h35H2;1-8H;1H2. The minimum atomic E-state index is -6.16. The third-order valence-corrected chi connectivity index (χ3v) is 8.19. The Labute approximate surface area is 290 Å². The van der Waals surface area contributed by atoms with E-state index in [2.05, 4.69) is 12.1 Å². The van der Waals surface area contributed by atoms with E-state index in [-0.39, 0.29) is 5.48 Å². The quantitative estimate of drug-likeness (QED) is 0.0521. The number of nitrogens with zero attached hydrogens (tertiary/aromatic N) is 2. The van der Waals surface area contributed by atoms with Crippen molar-refractivity contribution in [3.8, 4) is 12.1 Å². The maximum absolute atomic E-state index is 14.5. The Kier molecular flexibility index (Phi) is 11.0. The van der Waals surface area contributed by atoms with E-state index in [0.29, 0.717) is 11.1 Å². The molecule has 6 rings (SSSR count). The second-order valence-electron chi connectivity index (χ2n) is 10.9.